The quantitative estimate of drug-likeness (QED) is 0.554. The lowest BCUT2D eigenvalue weighted by molar-refractivity contribution is -0.139. The van der Waals surface area contributed by atoms with E-state index in [9.17, 15) is 9.59 Å². The fourth-order valence-electron chi connectivity index (χ4n) is 3.89. The molecule has 0 aliphatic carbocycles. The number of anilines is 1. The van der Waals surface area contributed by atoms with Gasteiger partial charge in [-0.2, -0.15) is 0 Å². The summed E-state index contributed by atoms with van der Waals surface area (Å²) in [6, 6.07) is 17.7. The molecule has 1 saturated heterocycles. The van der Waals surface area contributed by atoms with Gasteiger partial charge in [0.05, 0.1) is 18.8 Å². The van der Waals surface area contributed by atoms with Crippen molar-refractivity contribution in [3.63, 3.8) is 0 Å². The molecule has 32 heavy (non-hydrogen) atoms. The van der Waals surface area contributed by atoms with Crippen molar-refractivity contribution < 1.29 is 14.0 Å². The number of hydrogen-bond donors (Lipinski definition) is 2. The second-order valence-electron chi connectivity index (χ2n) is 7.63. The first-order valence-electron chi connectivity index (χ1n) is 10.7. The lowest BCUT2D eigenvalue weighted by Crippen LogP contribution is -2.50. The Balaban J connectivity index is 1.35. The summed E-state index contributed by atoms with van der Waals surface area (Å²) >= 11 is 0. The number of benzene rings is 1. The van der Waals surface area contributed by atoms with Crippen molar-refractivity contribution >= 4 is 17.5 Å². The Morgan fingerprint density at radius 2 is 1.72 bits per heavy atom. The standard InChI is InChI=1S/C24H27N5O3/c30-23(26-17-21-9-5-15-32-21)24(31)27-18-22(19-6-4-10-25-16-19)29-13-11-28(12-14-29)20-7-2-1-3-8-20/h1-10,15-16,22H,11-14,17-18H2,(H,26,30)(H,27,31)/t22-/m1/s1. The molecule has 1 aliphatic rings. The predicted octanol–water partition coefficient (Wildman–Crippen LogP) is 1.97. The number of aromatic nitrogens is 1. The Morgan fingerprint density at radius 3 is 2.41 bits per heavy atom. The molecule has 3 aromatic rings. The summed E-state index contributed by atoms with van der Waals surface area (Å²) in [5.41, 5.74) is 2.23. The molecule has 3 heterocycles. The normalized spacial score (nSPS) is 15.2. The molecule has 2 aromatic heterocycles. The minimum Gasteiger partial charge on any atom is -0.467 e. The monoisotopic (exact) mass is 433 g/mol. The van der Waals surface area contributed by atoms with Crippen LogP contribution in [0.5, 0.6) is 0 Å². The van der Waals surface area contributed by atoms with Crippen LogP contribution in [0.25, 0.3) is 0 Å². The van der Waals surface area contributed by atoms with E-state index in [1.165, 1.54) is 12.0 Å². The second-order valence-corrected chi connectivity index (χ2v) is 7.63. The molecule has 2 amide bonds. The van der Waals surface area contributed by atoms with Crippen LogP contribution in [0.1, 0.15) is 17.4 Å². The molecule has 1 atom stereocenters. The van der Waals surface area contributed by atoms with Crippen LogP contribution in [0.4, 0.5) is 5.69 Å². The van der Waals surface area contributed by atoms with Crippen molar-refractivity contribution in [1.29, 1.82) is 0 Å². The number of carbonyl (C=O) groups excluding carboxylic acids is 2. The van der Waals surface area contributed by atoms with E-state index < -0.39 is 11.8 Å². The summed E-state index contributed by atoms with van der Waals surface area (Å²) in [5, 5.41) is 5.36. The number of amides is 2. The Hall–Kier alpha value is -3.65. The number of para-hydroxylation sites is 1. The van der Waals surface area contributed by atoms with E-state index in [0.29, 0.717) is 12.3 Å². The van der Waals surface area contributed by atoms with E-state index in [0.717, 1.165) is 31.7 Å². The summed E-state index contributed by atoms with van der Waals surface area (Å²) in [6.07, 6.45) is 5.07. The molecule has 1 aromatic carbocycles. The van der Waals surface area contributed by atoms with Crippen LogP contribution < -0.4 is 15.5 Å². The van der Waals surface area contributed by atoms with Gasteiger partial charge in [-0.3, -0.25) is 19.5 Å². The van der Waals surface area contributed by atoms with Crippen LogP contribution in [-0.2, 0) is 16.1 Å². The molecular weight excluding hydrogens is 406 g/mol. The van der Waals surface area contributed by atoms with E-state index in [1.807, 2.05) is 36.5 Å². The van der Waals surface area contributed by atoms with Gasteiger partial charge >= 0.3 is 11.8 Å². The minimum absolute atomic E-state index is 0.0663. The highest BCUT2D eigenvalue weighted by molar-refractivity contribution is 6.35. The van der Waals surface area contributed by atoms with Crippen molar-refractivity contribution in [2.45, 2.75) is 12.6 Å². The average molecular weight is 434 g/mol. The fraction of sp³-hybridized carbons (Fsp3) is 0.292. The summed E-state index contributed by atoms with van der Waals surface area (Å²) < 4.78 is 5.18. The highest BCUT2D eigenvalue weighted by atomic mass is 16.3. The van der Waals surface area contributed by atoms with Crippen LogP contribution in [-0.4, -0.2) is 54.4 Å². The van der Waals surface area contributed by atoms with Crippen LogP contribution in [0, 0.1) is 0 Å². The van der Waals surface area contributed by atoms with Crippen molar-refractivity contribution in [2.24, 2.45) is 0 Å². The van der Waals surface area contributed by atoms with Gasteiger partial charge in [-0.15, -0.1) is 0 Å². The maximum absolute atomic E-state index is 12.4. The third kappa shape index (κ3) is 5.53. The van der Waals surface area contributed by atoms with E-state index in [-0.39, 0.29) is 12.6 Å². The Kier molecular flexibility index (Phi) is 7.14. The van der Waals surface area contributed by atoms with Crippen molar-refractivity contribution in [1.82, 2.24) is 20.5 Å². The molecule has 166 valence electrons. The zero-order valence-corrected chi connectivity index (χ0v) is 17.8. The molecule has 8 nitrogen and oxygen atoms in total. The molecule has 1 aliphatic heterocycles. The minimum atomic E-state index is -0.680. The average Bonchev–Trinajstić information content (AvgIpc) is 3.38. The summed E-state index contributed by atoms with van der Waals surface area (Å²) in [4.78, 5) is 33.5. The van der Waals surface area contributed by atoms with Crippen LogP contribution in [0.3, 0.4) is 0 Å². The topological polar surface area (TPSA) is 90.7 Å². The molecule has 4 rings (SSSR count). The number of furan rings is 1. The van der Waals surface area contributed by atoms with Crippen molar-refractivity contribution in [3.05, 3.63) is 84.6 Å². The number of nitrogens with zero attached hydrogens (tertiary/aromatic N) is 3. The van der Waals surface area contributed by atoms with Gasteiger partial charge in [0.25, 0.3) is 0 Å². The molecule has 0 radical (unpaired) electrons. The maximum Gasteiger partial charge on any atom is 0.309 e. The fourth-order valence-corrected chi connectivity index (χ4v) is 3.89. The number of carbonyl (C=O) groups is 2. The Bertz CT molecular complexity index is 987. The molecular formula is C24H27N5O3. The first kappa shape index (κ1) is 21.6. The van der Waals surface area contributed by atoms with Gasteiger partial charge in [0, 0.05) is 50.8 Å². The lowest BCUT2D eigenvalue weighted by atomic mass is 10.1. The number of hydrogen-bond acceptors (Lipinski definition) is 6. The van der Waals surface area contributed by atoms with Crippen LogP contribution in [0.2, 0.25) is 0 Å². The predicted molar refractivity (Wildman–Crippen MR) is 121 cm³/mol. The molecule has 8 heteroatoms. The van der Waals surface area contributed by atoms with E-state index >= 15 is 0 Å². The van der Waals surface area contributed by atoms with Crippen LogP contribution in [0.15, 0.2) is 77.7 Å². The number of rotatable bonds is 7. The van der Waals surface area contributed by atoms with Gasteiger partial charge < -0.3 is 20.0 Å². The molecule has 0 spiro atoms. The molecule has 0 bridgehead atoms. The lowest BCUT2D eigenvalue weighted by Gasteiger charge is -2.40. The maximum atomic E-state index is 12.4. The first-order chi connectivity index (χ1) is 15.7. The van der Waals surface area contributed by atoms with E-state index in [1.54, 1.807) is 18.3 Å². The summed E-state index contributed by atoms with van der Waals surface area (Å²) in [7, 11) is 0. The van der Waals surface area contributed by atoms with Crippen molar-refractivity contribution in [2.75, 3.05) is 37.6 Å². The second kappa shape index (κ2) is 10.6. The third-order valence-corrected chi connectivity index (χ3v) is 5.61. The third-order valence-electron chi connectivity index (χ3n) is 5.61. The van der Waals surface area contributed by atoms with Gasteiger partial charge in [0.2, 0.25) is 0 Å². The highest BCUT2D eigenvalue weighted by Crippen LogP contribution is 2.23. The zero-order chi connectivity index (χ0) is 22.2. The number of pyridine rings is 1. The van der Waals surface area contributed by atoms with Gasteiger partial charge in [0.1, 0.15) is 5.76 Å². The Morgan fingerprint density at radius 1 is 0.938 bits per heavy atom. The highest BCUT2D eigenvalue weighted by Gasteiger charge is 2.26. The first-order valence-corrected chi connectivity index (χ1v) is 10.7. The van der Waals surface area contributed by atoms with Crippen LogP contribution >= 0.6 is 0 Å². The SMILES string of the molecule is O=C(NCc1ccco1)C(=O)NC[C@H](c1cccnc1)N1CCN(c2ccccc2)CC1. The van der Waals surface area contributed by atoms with Gasteiger partial charge in [-0.1, -0.05) is 24.3 Å². The molecule has 2 N–H and O–H groups in total. The molecule has 0 unspecified atom stereocenters. The Labute approximate surface area is 187 Å². The van der Waals surface area contributed by atoms with E-state index in [2.05, 4.69) is 37.6 Å². The largest absolute Gasteiger partial charge is 0.467 e. The molecule has 0 saturated carbocycles. The van der Waals surface area contributed by atoms with Crippen molar-refractivity contribution in [3.8, 4) is 0 Å². The number of nitrogens with one attached hydrogen (secondary N) is 2. The molecule has 1 fully saturated rings. The summed E-state index contributed by atoms with van der Waals surface area (Å²) in [5.74, 6) is -0.746. The van der Waals surface area contributed by atoms with E-state index in [4.69, 9.17) is 4.42 Å². The van der Waals surface area contributed by atoms with Gasteiger partial charge in [-0.25, -0.2) is 0 Å². The number of piperazine rings is 1. The smallest absolute Gasteiger partial charge is 0.309 e. The van der Waals surface area contributed by atoms with Gasteiger partial charge in [-0.05, 0) is 35.9 Å². The zero-order valence-electron chi connectivity index (χ0n) is 17.8. The van der Waals surface area contributed by atoms with Gasteiger partial charge in [0.15, 0.2) is 0 Å². The summed E-state index contributed by atoms with van der Waals surface area (Å²) in [6.45, 7) is 3.96.